The minimum atomic E-state index is -1.13. The van der Waals surface area contributed by atoms with E-state index in [-0.39, 0.29) is 23.3 Å². The average Bonchev–Trinajstić information content (AvgIpc) is 3.00. The summed E-state index contributed by atoms with van der Waals surface area (Å²) in [4.78, 5) is -0.490. The molecule has 0 radical (unpaired) electrons. The lowest BCUT2D eigenvalue weighted by molar-refractivity contribution is 0.304. The highest BCUT2D eigenvalue weighted by Gasteiger charge is 2.21. The van der Waals surface area contributed by atoms with Crippen molar-refractivity contribution in [3.63, 3.8) is 0 Å². The SMILES string of the molecule is N=C(N)NCCNc1nonc1/C(=N/O)NC1=CC(Br)C(F)C=C1. The molecule has 0 aromatic carbocycles. The number of nitrogens with zero attached hydrogens (tertiary/aromatic N) is 3. The number of rotatable bonds is 6. The normalized spacial score (nSPS) is 20.4. The molecule has 12 heteroatoms. The molecule has 2 atom stereocenters. The summed E-state index contributed by atoms with van der Waals surface area (Å²) >= 11 is 3.18. The topological polar surface area (TPSA) is 157 Å². The maximum Gasteiger partial charge on any atom is 0.203 e. The van der Waals surface area contributed by atoms with Gasteiger partial charge in [-0.05, 0) is 28.5 Å². The van der Waals surface area contributed by atoms with E-state index in [1.54, 1.807) is 6.08 Å². The summed E-state index contributed by atoms with van der Waals surface area (Å²) in [5, 5.41) is 35.1. The van der Waals surface area contributed by atoms with Gasteiger partial charge in [0.15, 0.2) is 11.7 Å². The zero-order chi connectivity index (χ0) is 17.5. The molecule has 2 unspecified atom stereocenters. The highest BCUT2D eigenvalue weighted by molar-refractivity contribution is 9.09. The molecule has 10 nitrogen and oxygen atoms in total. The molecule has 1 aromatic rings. The van der Waals surface area contributed by atoms with Crippen LogP contribution in [0.3, 0.4) is 0 Å². The summed E-state index contributed by atoms with van der Waals surface area (Å²) in [6, 6.07) is 0. The van der Waals surface area contributed by atoms with Crippen LogP contribution in [0, 0.1) is 5.41 Å². The molecule has 1 aromatic heterocycles. The Labute approximate surface area is 144 Å². The van der Waals surface area contributed by atoms with Gasteiger partial charge in [-0.1, -0.05) is 21.1 Å². The van der Waals surface area contributed by atoms with Gasteiger partial charge < -0.3 is 26.9 Å². The molecule has 24 heavy (non-hydrogen) atoms. The summed E-state index contributed by atoms with van der Waals surface area (Å²) in [6.07, 6.45) is 3.34. The fraction of sp³-hybridized carbons (Fsp3) is 0.333. The Balaban J connectivity index is 2.01. The van der Waals surface area contributed by atoms with Crippen molar-refractivity contribution in [1.29, 1.82) is 5.41 Å². The number of alkyl halides is 2. The van der Waals surface area contributed by atoms with Gasteiger partial charge in [-0.3, -0.25) is 5.41 Å². The van der Waals surface area contributed by atoms with Crippen molar-refractivity contribution >= 4 is 33.5 Å². The summed E-state index contributed by atoms with van der Waals surface area (Å²) in [5.41, 5.74) is 5.83. The predicted octanol–water partition coefficient (Wildman–Crippen LogP) is 0.245. The molecule has 1 heterocycles. The maximum absolute atomic E-state index is 13.4. The first kappa shape index (κ1) is 17.7. The highest BCUT2D eigenvalue weighted by Crippen LogP contribution is 2.20. The molecule has 1 aliphatic rings. The van der Waals surface area contributed by atoms with Crippen LogP contribution in [0.5, 0.6) is 0 Å². The lowest BCUT2D eigenvalue weighted by Crippen LogP contribution is -2.34. The maximum atomic E-state index is 13.4. The second-order valence-corrected chi connectivity index (χ2v) is 5.73. The van der Waals surface area contributed by atoms with E-state index in [9.17, 15) is 9.60 Å². The van der Waals surface area contributed by atoms with Crippen LogP contribution in [0.15, 0.2) is 33.7 Å². The largest absolute Gasteiger partial charge is 0.409 e. The van der Waals surface area contributed by atoms with Crippen molar-refractivity contribution in [3.8, 4) is 0 Å². The summed E-state index contributed by atoms with van der Waals surface area (Å²) < 4.78 is 18.0. The fourth-order valence-electron chi connectivity index (χ4n) is 1.81. The lowest BCUT2D eigenvalue weighted by atomic mass is 10.1. The number of guanidine groups is 1. The zero-order valence-corrected chi connectivity index (χ0v) is 13.9. The number of amidine groups is 1. The van der Waals surface area contributed by atoms with Crippen molar-refractivity contribution in [2.45, 2.75) is 11.0 Å². The highest BCUT2D eigenvalue weighted by atomic mass is 79.9. The second kappa shape index (κ2) is 8.29. The summed E-state index contributed by atoms with van der Waals surface area (Å²) in [6.45, 7) is 0.743. The number of allylic oxidation sites excluding steroid dienone is 3. The quantitative estimate of drug-likeness (QED) is 0.0985. The first-order valence-corrected chi connectivity index (χ1v) is 7.74. The number of nitrogens with one attached hydrogen (secondary N) is 4. The van der Waals surface area contributed by atoms with Gasteiger partial charge in [0, 0.05) is 18.8 Å². The molecule has 0 spiro atoms. The number of anilines is 1. The zero-order valence-electron chi connectivity index (χ0n) is 12.3. The Morgan fingerprint density at radius 1 is 1.50 bits per heavy atom. The van der Waals surface area contributed by atoms with Gasteiger partial charge in [0.25, 0.3) is 0 Å². The summed E-state index contributed by atoms with van der Waals surface area (Å²) in [5.74, 6) is 0.0621. The van der Waals surface area contributed by atoms with Gasteiger partial charge in [-0.2, -0.15) is 0 Å². The third kappa shape index (κ3) is 4.68. The van der Waals surface area contributed by atoms with Gasteiger partial charge in [0.1, 0.15) is 6.17 Å². The van der Waals surface area contributed by atoms with Crippen LogP contribution in [-0.2, 0) is 0 Å². The molecule has 7 N–H and O–H groups in total. The van der Waals surface area contributed by atoms with Gasteiger partial charge in [0.05, 0.1) is 4.83 Å². The van der Waals surface area contributed by atoms with E-state index < -0.39 is 11.0 Å². The van der Waals surface area contributed by atoms with E-state index in [1.165, 1.54) is 12.2 Å². The van der Waals surface area contributed by atoms with Crippen molar-refractivity contribution in [2.24, 2.45) is 10.9 Å². The molecule has 2 rings (SSSR count). The molecule has 0 fully saturated rings. The smallest absolute Gasteiger partial charge is 0.203 e. The van der Waals surface area contributed by atoms with Crippen LogP contribution in [0.4, 0.5) is 10.2 Å². The minimum absolute atomic E-state index is 0.0221. The van der Waals surface area contributed by atoms with Gasteiger partial charge in [-0.25, -0.2) is 9.02 Å². The average molecular weight is 403 g/mol. The number of oxime groups is 1. The van der Waals surface area contributed by atoms with E-state index in [4.69, 9.17) is 11.1 Å². The van der Waals surface area contributed by atoms with Crippen molar-refractivity contribution < 1.29 is 14.2 Å². The van der Waals surface area contributed by atoms with Gasteiger partial charge >= 0.3 is 0 Å². The Morgan fingerprint density at radius 3 is 2.96 bits per heavy atom. The third-order valence-corrected chi connectivity index (χ3v) is 3.68. The number of hydrogen-bond acceptors (Lipinski definition) is 7. The van der Waals surface area contributed by atoms with Gasteiger partial charge in [0.2, 0.25) is 11.7 Å². The Morgan fingerprint density at radius 2 is 2.29 bits per heavy atom. The minimum Gasteiger partial charge on any atom is -0.409 e. The molecule has 0 aliphatic heterocycles. The van der Waals surface area contributed by atoms with Crippen LogP contribution < -0.4 is 21.7 Å². The predicted molar refractivity (Wildman–Crippen MR) is 89.0 cm³/mol. The third-order valence-electron chi connectivity index (χ3n) is 2.91. The van der Waals surface area contributed by atoms with E-state index >= 15 is 0 Å². The second-order valence-electron chi connectivity index (χ2n) is 4.67. The van der Waals surface area contributed by atoms with Gasteiger partial charge in [-0.15, -0.1) is 0 Å². The first-order chi connectivity index (χ1) is 11.5. The van der Waals surface area contributed by atoms with Crippen molar-refractivity contribution in [3.05, 3.63) is 29.6 Å². The fourth-order valence-corrected chi connectivity index (χ4v) is 2.27. The molecule has 0 amide bonds. The van der Waals surface area contributed by atoms with E-state index in [1.807, 2.05) is 0 Å². The number of aromatic nitrogens is 2. The van der Waals surface area contributed by atoms with E-state index in [0.29, 0.717) is 18.8 Å². The molecule has 1 aliphatic carbocycles. The van der Waals surface area contributed by atoms with Crippen molar-refractivity contribution in [1.82, 2.24) is 20.9 Å². The van der Waals surface area contributed by atoms with Crippen LogP contribution in [0.1, 0.15) is 5.69 Å². The molecule has 0 saturated heterocycles. The summed E-state index contributed by atoms with van der Waals surface area (Å²) in [7, 11) is 0. The van der Waals surface area contributed by atoms with E-state index in [2.05, 4.69) is 52.0 Å². The standard InChI is InChI=1S/C12H16BrFN8O2/c13-7-5-6(1-2-8(7)14)19-11(20-23)9-10(22-24-21-9)17-3-4-18-12(15)16/h1-2,5,7-8,23H,3-4H2,(H,17,22)(H,19,20)(H4,15,16,18). The Hall–Kier alpha value is -2.63. The molecular weight excluding hydrogens is 387 g/mol. The monoisotopic (exact) mass is 402 g/mol. The van der Waals surface area contributed by atoms with Crippen molar-refractivity contribution in [2.75, 3.05) is 18.4 Å². The van der Waals surface area contributed by atoms with Crippen LogP contribution in [-0.4, -0.2) is 51.4 Å². The number of halogens is 2. The molecular formula is C12H16BrFN8O2. The lowest BCUT2D eigenvalue weighted by Gasteiger charge is -2.16. The van der Waals surface area contributed by atoms with Crippen LogP contribution >= 0.6 is 15.9 Å². The van der Waals surface area contributed by atoms with Crippen LogP contribution in [0.25, 0.3) is 0 Å². The number of hydrogen-bond donors (Lipinski definition) is 6. The molecule has 0 bridgehead atoms. The van der Waals surface area contributed by atoms with E-state index in [0.717, 1.165) is 0 Å². The molecule has 0 saturated carbocycles. The van der Waals surface area contributed by atoms with Crippen LogP contribution in [0.2, 0.25) is 0 Å². The number of nitrogens with two attached hydrogens (primary N) is 1. The Bertz CT molecular complexity index is 674. The Kier molecular flexibility index (Phi) is 6.12. The first-order valence-electron chi connectivity index (χ1n) is 6.83. The molecule has 130 valence electrons.